The Balaban J connectivity index is 2.03. The highest BCUT2D eigenvalue weighted by Gasteiger charge is 2.20. The Bertz CT molecular complexity index is 992. The molecule has 2 aromatic carbocycles. The third kappa shape index (κ3) is 5.60. The monoisotopic (exact) mass is 407 g/mol. The second kappa shape index (κ2) is 9.27. The molecule has 0 spiro atoms. The van der Waals surface area contributed by atoms with Crippen molar-refractivity contribution in [2.75, 3.05) is 0 Å². The largest absolute Gasteiger partial charge is 0.431 e. The van der Waals surface area contributed by atoms with Gasteiger partial charge in [-0.05, 0) is 41.3 Å². The van der Waals surface area contributed by atoms with E-state index >= 15 is 0 Å². The Labute approximate surface area is 163 Å². The highest BCUT2D eigenvalue weighted by atomic mass is 19.3. The van der Waals surface area contributed by atoms with E-state index in [2.05, 4.69) is 14.5 Å². The number of rotatable bonds is 8. The van der Waals surface area contributed by atoms with Gasteiger partial charge in [0.1, 0.15) is 0 Å². The maximum atomic E-state index is 12.8. The molecule has 0 radical (unpaired) electrons. The molecule has 1 aromatic heterocycles. The Morgan fingerprint density at radius 3 is 2.14 bits per heavy atom. The lowest BCUT2D eigenvalue weighted by Crippen LogP contribution is -2.11. The summed E-state index contributed by atoms with van der Waals surface area (Å²) >= 11 is 0. The van der Waals surface area contributed by atoms with Gasteiger partial charge in [-0.1, -0.05) is 36.4 Å². The van der Waals surface area contributed by atoms with E-state index in [0.717, 1.165) is 11.1 Å². The van der Waals surface area contributed by atoms with E-state index in [0.29, 0.717) is 12.0 Å². The van der Waals surface area contributed by atoms with Crippen molar-refractivity contribution in [2.45, 2.75) is 25.6 Å². The number of hydrogen-bond donors (Lipinski definition) is 1. The minimum atomic E-state index is -3.20. The summed E-state index contributed by atoms with van der Waals surface area (Å²) in [4.78, 5) is 14.2. The van der Waals surface area contributed by atoms with Crippen LogP contribution >= 0.6 is 0 Å². The quantitative estimate of drug-likeness (QED) is 0.538. The van der Waals surface area contributed by atoms with Gasteiger partial charge in [0.15, 0.2) is 11.5 Å². The van der Waals surface area contributed by atoms with Crippen LogP contribution in [0.25, 0.3) is 0 Å². The first-order valence-corrected chi connectivity index (χ1v) is 8.68. The maximum Gasteiger partial charge on any atom is 0.387 e. The number of benzene rings is 2. The van der Waals surface area contributed by atoms with Gasteiger partial charge in [0.2, 0.25) is 5.56 Å². The second-order valence-corrected chi connectivity index (χ2v) is 6.19. The number of H-pyrrole nitrogens is 1. The highest BCUT2D eigenvalue weighted by molar-refractivity contribution is 5.47. The third-order valence-electron chi connectivity index (χ3n) is 4.28. The minimum absolute atomic E-state index is 0.267. The standard InChI is InChI=1S/C21H17F4NO3/c22-20(23)28-17-7-6-15(12-18(17)29-21(24)25)16(14-4-2-1-3-5-14)10-13-8-9-26-19(27)11-13/h1-9,11-12,16,20-21H,10H2,(H,26,27). The lowest BCUT2D eigenvalue weighted by molar-refractivity contribution is -0.0692. The van der Waals surface area contributed by atoms with Gasteiger partial charge in [0.25, 0.3) is 0 Å². The van der Waals surface area contributed by atoms with Crippen molar-refractivity contribution >= 4 is 0 Å². The fourth-order valence-electron chi connectivity index (χ4n) is 3.09. The SMILES string of the molecule is O=c1cc(CC(c2ccccc2)c2ccc(OC(F)F)c(OC(F)F)c2)cc[nH]1. The van der Waals surface area contributed by atoms with Crippen LogP contribution < -0.4 is 15.0 Å². The van der Waals surface area contributed by atoms with Gasteiger partial charge < -0.3 is 14.5 Å². The Kier molecular flexibility index (Phi) is 6.54. The van der Waals surface area contributed by atoms with Crippen molar-refractivity contribution in [3.8, 4) is 11.5 Å². The van der Waals surface area contributed by atoms with E-state index in [4.69, 9.17) is 0 Å². The zero-order valence-corrected chi connectivity index (χ0v) is 15.0. The zero-order valence-electron chi connectivity index (χ0n) is 15.0. The summed E-state index contributed by atoms with van der Waals surface area (Å²) in [6.45, 7) is -6.38. The van der Waals surface area contributed by atoms with E-state index in [9.17, 15) is 22.4 Å². The molecule has 1 unspecified atom stereocenters. The molecule has 4 nitrogen and oxygen atoms in total. The molecule has 0 fully saturated rings. The molecule has 1 atom stereocenters. The van der Waals surface area contributed by atoms with Crippen molar-refractivity contribution in [2.24, 2.45) is 0 Å². The van der Waals surface area contributed by atoms with Gasteiger partial charge in [-0.15, -0.1) is 0 Å². The van der Waals surface area contributed by atoms with Crippen LogP contribution in [0, 0.1) is 0 Å². The smallest absolute Gasteiger partial charge is 0.387 e. The van der Waals surface area contributed by atoms with Crippen molar-refractivity contribution in [3.63, 3.8) is 0 Å². The van der Waals surface area contributed by atoms with Crippen LogP contribution in [-0.2, 0) is 6.42 Å². The number of hydrogen-bond acceptors (Lipinski definition) is 3. The van der Waals surface area contributed by atoms with Gasteiger partial charge in [-0.2, -0.15) is 17.6 Å². The summed E-state index contributed by atoms with van der Waals surface area (Å²) in [5.41, 5.74) is 1.87. The Morgan fingerprint density at radius 2 is 1.48 bits per heavy atom. The first-order chi connectivity index (χ1) is 13.9. The molecule has 0 amide bonds. The number of pyridine rings is 1. The average molecular weight is 407 g/mol. The number of ether oxygens (including phenoxy) is 2. The third-order valence-corrected chi connectivity index (χ3v) is 4.28. The molecule has 29 heavy (non-hydrogen) atoms. The van der Waals surface area contributed by atoms with Crippen molar-refractivity contribution < 1.29 is 27.0 Å². The molecule has 0 aliphatic carbocycles. The van der Waals surface area contributed by atoms with E-state index < -0.39 is 24.7 Å². The molecule has 0 bridgehead atoms. The summed E-state index contributed by atoms with van der Waals surface area (Å²) in [6, 6.07) is 16.3. The molecule has 1 heterocycles. The number of alkyl halides is 4. The van der Waals surface area contributed by atoms with Crippen LogP contribution in [-0.4, -0.2) is 18.2 Å². The van der Waals surface area contributed by atoms with Crippen LogP contribution in [0.2, 0.25) is 0 Å². The summed E-state index contributed by atoms with van der Waals surface area (Å²) in [6.07, 6.45) is 1.90. The molecular weight excluding hydrogens is 390 g/mol. The first kappa shape index (κ1) is 20.4. The Morgan fingerprint density at radius 1 is 0.793 bits per heavy atom. The van der Waals surface area contributed by atoms with E-state index in [1.165, 1.54) is 30.5 Å². The van der Waals surface area contributed by atoms with E-state index in [1.54, 1.807) is 6.07 Å². The van der Waals surface area contributed by atoms with Gasteiger partial charge in [-0.3, -0.25) is 4.79 Å². The molecule has 0 saturated carbocycles. The van der Waals surface area contributed by atoms with E-state index in [1.807, 2.05) is 30.3 Å². The number of aromatic amines is 1. The topological polar surface area (TPSA) is 51.3 Å². The average Bonchev–Trinajstić information content (AvgIpc) is 2.67. The van der Waals surface area contributed by atoms with E-state index in [-0.39, 0.29) is 11.5 Å². The predicted octanol–water partition coefficient (Wildman–Crippen LogP) is 4.95. The normalized spacial score (nSPS) is 12.2. The van der Waals surface area contributed by atoms with Gasteiger partial charge in [-0.25, -0.2) is 0 Å². The lowest BCUT2D eigenvalue weighted by Gasteiger charge is -2.20. The second-order valence-electron chi connectivity index (χ2n) is 6.19. The summed E-state index contributed by atoms with van der Waals surface area (Å²) in [5.74, 6) is -1.30. The van der Waals surface area contributed by atoms with Crippen LogP contribution in [0.1, 0.15) is 22.6 Å². The highest BCUT2D eigenvalue weighted by Crippen LogP contribution is 2.36. The number of nitrogens with one attached hydrogen (secondary N) is 1. The predicted molar refractivity (Wildman–Crippen MR) is 98.8 cm³/mol. The molecule has 8 heteroatoms. The van der Waals surface area contributed by atoms with Crippen LogP contribution in [0.3, 0.4) is 0 Å². The summed E-state index contributed by atoms with van der Waals surface area (Å²) in [7, 11) is 0. The summed E-state index contributed by atoms with van der Waals surface area (Å²) < 4.78 is 59.4. The molecular formula is C21H17F4NO3. The van der Waals surface area contributed by atoms with Crippen molar-refractivity contribution in [1.82, 2.24) is 4.98 Å². The first-order valence-electron chi connectivity index (χ1n) is 8.68. The van der Waals surface area contributed by atoms with Gasteiger partial charge in [0.05, 0.1) is 0 Å². The molecule has 1 N–H and O–H groups in total. The molecule has 0 saturated heterocycles. The summed E-state index contributed by atoms with van der Waals surface area (Å²) in [5, 5.41) is 0. The molecule has 0 aliphatic heterocycles. The number of aromatic nitrogens is 1. The molecule has 0 aliphatic rings. The Hall–Kier alpha value is -3.29. The fourth-order valence-corrected chi connectivity index (χ4v) is 3.09. The molecule has 3 rings (SSSR count). The van der Waals surface area contributed by atoms with Crippen molar-refractivity contribution in [3.05, 3.63) is 93.9 Å². The molecule has 152 valence electrons. The van der Waals surface area contributed by atoms with Crippen molar-refractivity contribution in [1.29, 1.82) is 0 Å². The van der Waals surface area contributed by atoms with Crippen LogP contribution in [0.4, 0.5) is 17.6 Å². The fraction of sp³-hybridized carbons (Fsp3) is 0.190. The van der Waals surface area contributed by atoms with Crippen LogP contribution in [0.5, 0.6) is 11.5 Å². The van der Waals surface area contributed by atoms with Gasteiger partial charge in [0, 0.05) is 18.2 Å². The maximum absolute atomic E-state index is 12.8. The zero-order chi connectivity index (χ0) is 20.8. The van der Waals surface area contributed by atoms with Crippen LogP contribution in [0.15, 0.2) is 71.7 Å². The number of halogens is 4. The lowest BCUT2D eigenvalue weighted by atomic mass is 9.86. The molecule has 3 aromatic rings. The minimum Gasteiger partial charge on any atom is -0.431 e. The van der Waals surface area contributed by atoms with Gasteiger partial charge >= 0.3 is 13.2 Å².